The molecule has 2 saturated heterocycles. The second-order valence-corrected chi connectivity index (χ2v) is 7.51. The molecular weight excluding hydrogens is 354 g/mol. The van der Waals surface area contributed by atoms with Crippen LogP contribution in [0.15, 0.2) is 42.6 Å². The van der Waals surface area contributed by atoms with Crippen LogP contribution in [0.1, 0.15) is 31.0 Å². The molecule has 2 aliphatic heterocycles. The normalized spacial score (nSPS) is 19.0. The van der Waals surface area contributed by atoms with E-state index in [9.17, 15) is 9.59 Å². The van der Waals surface area contributed by atoms with E-state index in [1.54, 1.807) is 0 Å². The van der Waals surface area contributed by atoms with Gasteiger partial charge in [0.05, 0.1) is 12.2 Å². The van der Waals surface area contributed by atoms with Crippen molar-refractivity contribution in [2.24, 2.45) is 0 Å². The molecule has 0 unspecified atom stereocenters. The first-order valence-corrected chi connectivity index (χ1v) is 10.0. The Morgan fingerprint density at radius 3 is 2.54 bits per heavy atom. The van der Waals surface area contributed by atoms with Crippen LogP contribution in [0.5, 0.6) is 0 Å². The van der Waals surface area contributed by atoms with Crippen molar-refractivity contribution >= 4 is 11.9 Å². The molecule has 28 heavy (non-hydrogen) atoms. The van der Waals surface area contributed by atoms with E-state index in [0.29, 0.717) is 19.4 Å². The molecule has 1 spiro atoms. The highest BCUT2D eigenvalue weighted by Gasteiger charge is 2.56. The number of aromatic nitrogens is 2. The van der Waals surface area contributed by atoms with E-state index >= 15 is 0 Å². The van der Waals surface area contributed by atoms with E-state index in [0.717, 1.165) is 31.7 Å². The first-order valence-electron chi connectivity index (χ1n) is 10.0. The van der Waals surface area contributed by atoms with Crippen molar-refractivity contribution in [2.45, 2.75) is 44.8 Å². The largest absolute Gasteiger partial charge is 0.328 e. The predicted octanol–water partition coefficient (Wildman–Crippen LogP) is 2.03. The molecule has 0 atom stereocenters. The van der Waals surface area contributed by atoms with Gasteiger partial charge in [-0.3, -0.25) is 14.4 Å². The number of nitrogens with zero attached hydrogens (tertiary/aromatic N) is 4. The average Bonchev–Trinajstić information content (AvgIpc) is 3.26. The molecule has 148 valence electrons. The number of urea groups is 1. The first kappa shape index (κ1) is 18.7. The zero-order valence-corrected chi connectivity index (χ0v) is 16.3. The minimum atomic E-state index is -0.718. The van der Waals surface area contributed by atoms with Crippen molar-refractivity contribution in [3.63, 3.8) is 0 Å². The number of benzene rings is 1. The summed E-state index contributed by atoms with van der Waals surface area (Å²) in [7, 11) is 0. The van der Waals surface area contributed by atoms with Crippen LogP contribution in [0.3, 0.4) is 0 Å². The fourth-order valence-corrected chi connectivity index (χ4v) is 4.27. The van der Waals surface area contributed by atoms with Crippen LogP contribution in [-0.2, 0) is 24.3 Å². The van der Waals surface area contributed by atoms with Gasteiger partial charge in [-0.15, -0.1) is 0 Å². The Balaban J connectivity index is 1.57. The van der Waals surface area contributed by atoms with Gasteiger partial charge in [0.1, 0.15) is 5.54 Å². The van der Waals surface area contributed by atoms with Crippen LogP contribution < -0.4 is 5.32 Å². The Morgan fingerprint density at radius 2 is 1.86 bits per heavy atom. The molecule has 0 radical (unpaired) electrons. The second kappa shape index (κ2) is 7.75. The zero-order chi connectivity index (χ0) is 19.6. The minimum Gasteiger partial charge on any atom is -0.317 e. The maximum absolute atomic E-state index is 13.4. The van der Waals surface area contributed by atoms with Crippen LogP contribution in [0, 0.1) is 0 Å². The Morgan fingerprint density at radius 1 is 1.11 bits per heavy atom. The van der Waals surface area contributed by atoms with Gasteiger partial charge in [-0.05, 0) is 50.9 Å². The molecule has 1 aromatic carbocycles. The number of imide groups is 1. The van der Waals surface area contributed by atoms with Crippen LogP contribution in [0.4, 0.5) is 4.79 Å². The lowest BCUT2D eigenvalue weighted by molar-refractivity contribution is -0.135. The van der Waals surface area contributed by atoms with Crippen molar-refractivity contribution in [1.29, 1.82) is 0 Å². The minimum absolute atomic E-state index is 0.0712. The third kappa shape index (κ3) is 3.30. The van der Waals surface area contributed by atoms with E-state index < -0.39 is 5.54 Å². The van der Waals surface area contributed by atoms with Crippen LogP contribution >= 0.6 is 0 Å². The summed E-state index contributed by atoms with van der Waals surface area (Å²) in [5, 5.41) is 7.77. The molecule has 2 aromatic rings. The molecule has 4 rings (SSSR count). The van der Waals surface area contributed by atoms with Gasteiger partial charge in [0.2, 0.25) is 0 Å². The summed E-state index contributed by atoms with van der Waals surface area (Å²) in [4.78, 5) is 29.9. The third-order valence-electron chi connectivity index (χ3n) is 5.86. The molecule has 7 heteroatoms. The number of piperidine rings is 1. The van der Waals surface area contributed by atoms with Gasteiger partial charge in [0.15, 0.2) is 0 Å². The third-order valence-corrected chi connectivity index (χ3v) is 5.86. The molecule has 1 N–H and O–H groups in total. The van der Waals surface area contributed by atoms with E-state index in [-0.39, 0.29) is 18.5 Å². The summed E-state index contributed by atoms with van der Waals surface area (Å²) in [6.45, 7) is 5.06. The van der Waals surface area contributed by atoms with Gasteiger partial charge in [0, 0.05) is 19.3 Å². The summed E-state index contributed by atoms with van der Waals surface area (Å²) in [6.07, 6.45) is 3.94. The van der Waals surface area contributed by atoms with Gasteiger partial charge in [-0.25, -0.2) is 4.79 Å². The number of hydrogen-bond donors (Lipinski definition) is 1. The molecule has 1 aromatic heterocycles. The van der Waals surface area contributed by atoms with Gasteiger partial charge in [0.25, 0.3) is 5.91 Å². The van der Waals surface area contributed by atoms with E-state index in [4.69, 9.17) is 0 Å². The maximum Gasteiger partial charge on any atom is 0.328 e. The lowest BCUT2D eigenvalue weighted by atomic mass is 9.86. The molecular formula is C21H27N5O2. The van der Waals surface area contributed by atoms with Crippen molar-refractivity contribution in [2.75, 3.05) is 19.6 Å². The molecule has 0 aliphatic carbocycles. The molecule has 2 aliphatic rings. The maximum atomic E-state index is 13.4. The molecule has 3 amide bonds. The first-order chi connectivity index (χ1) is 13.6. The highest BCUT2D eigenvalue weighted by Crippen LogP contribution is 2.36. The van der Waals surface area contributed by atoms with E-state index in [2.05, 4.69) is 22.5 Å². The number of nitrogens with one attached hydrogen (secondary N) is 1. The molecule has 0 bridgehead atoms. The van der Waals surface area contributed by atoms with Gasteiger partial charge in [-0.1, -0.05) is 30.3 Å². The summed E-state index contributed by atoms with van der Waals surface area (Å²) in [6, 6.07) is 11.8. The number of rotatable bonds is 6. The predicted molar refractivity (Wildman–Crippen MR) is 106 cm³/mol. The highest BCUT2D eigenvalue weighted by molar-refractivity contribution is 6.07. The van der Waals surface area contributed by atoms with Gasteiger partial charge in [-0.2, -0.15) is 5.10 Å². The van der Waals surface area contributed by atoms with Crippen LogP contribution in [-0.4, -0.2) is 56.7 Å². The molecule has 2 fully saturated rings. The lowest BCUT2D eigenvalue weighted by Crippen LogP contribution is -2.56. The SMILES string of the molecule is CCn1ccc(CN2C(=O)N(CCc3ccccc3)C3(CCNCC3)C2=O)n1. The fourth-order valence-electron chi connectivity index (χ4n) is 4.27. The Bertz CT molecular complexity index is 841. The van der Waals surface area contributed by atoms with Crippen molar-refractivity contribution in [1.82, 2.24) is 24.9 Å². The number of aryl methyl sites for hydroxylation is 1. The summed E-state index contributed by atoms with van der Waals surface area (Å²) in [5.41, 5.74) is 1.20. The number of carbonyl (C=O) groups excluding carboxylic acids is 2. The lowest BCUT2D eigenvalue weighted by Gasteiger charge is -2.38. The average molecular weight is 381 g/mol. The van der Waals surface area contributed by atoms with E-state index in [1.807, 2.05) is 47.0 Å². The quantitative estimate of drug-likeness (QED) is 0.778. The van der Waals surface area contributed by atoms with Crippen molar-refractivity contribution < 1.29 is 9.59 Å². The van der Waals surface area contributed by atoms with E-state index in [1.165, 1.54) is 10.5 Å². The Labute approximate surface area is 165 Å². The van der Waals surface area contributed by atoms with Gasteiger partial charge >= 0.3 is 6.03 Å². The zero-order valence-electron chi connectivity index (χ0n) is 16.3. The second-order valence-electron chi connectivity index (χ2n) is 7.51. The van der Waals surface area contributed by atoms with Crippen LogP contribution in [0.25, 0.3) is 0 Å². The Kier molecular flexibility index (Phi) is 5.17. The number of hydrogen-bond acceptors (Lipinski definition) is 4. The molecule has 3 heterocycles. The summed E-state index contributed by atoms with van der Waals surface area (Å²) >= 11 is 0. The standard InChI is InChI=1S/C21H27N5O2/c1-2-24-14-9-18(23-24)16-25-19(27)21(10-12-22-13-11-21)26(20(25)28)15-8-17-6-4-3-5-7-17/h3-7,9,14,22H,2,8,10-13,15-16H2,1H3. The number of carbonyl (C=O) groups is 2. The fraction of sp³-hybridized carbons (Fsp3) is 0.476. The molecule has 0 saturated carbocycles. The smallest absolute Gasteiger partial charge is 0.317 e. The number of amides is 3. The van der Waals surface area contributed by atoms with Crippen molar-refractivity contribution in [3.8, 4) is 0 Å². The summed E-state index contributed by atoms with van der Waals surface area (Å²) in [5.74, 6) is -0.0712. The monoisotopic (exact) mass is 381 g/mol. The highest BCUT2D eigenvalue weighted by atomic mass is 16.2. The van der Waals surface area contributed by atoms with Gasteiger partial charge < -0.3 is 10.2 Å². The topological polar surface area (TPSA) is 70.5 Å². The molecule has 7 nitrogen and oxygen atoms in total. The van der Waals surface area contributed by atoms with Crippen molar-refractivity contribution in [3.05, 3.63) is 53.9 Å². The summed E-state index contributed by atoms with van der Waals surface area (Å²) < 4.78 is 1.81. The van der Waals surface area contributed by atoms with Crippen LogP contribution in [0.2, 0.25) is 0 Å². The Hall–Kier alpha value is -2.67.